The summed E-state index contributed by atoms with van der Waals surface area (Å²) in [5.41, 5.74) is 1.40. The monoisotopic (exact) mass is 464 g/mol. The van der Waals surface area contributed by atoms with Gasteiger partial charge < -0.3 is 9.26 Å². The van der Waals surface area contributed by atoms with Crippen molar-refractivity contribution in [3.8, 4) is 11.8 Å². The van der Waals surface area contributed by atoms with Crippen molar-refractivity contribution in [1.82, 2.24) is 4.67 Å². The summed E-state index contributed by atoms with van der Waals surface area (Å²) in [4.78, 5) is 11.1. The maximum atomic E-state index is 11.5. The summed E-state index contributed by atoms with van der Waals surface area (Å²) < 4.78 is 14.3. The fraction of sp³-hybridized carbons (Fsp3) is 0.680. The number of nitrogens with zero attached hydrogens (tertiary/aromatic N) is 2. The molecule has 6 nitrogen and oxygen atoms in total. The molecule has 0 amide bonds. The molecule has 0 aliphatic carbocycles. The van der Waals surface area contributed by atoms with Crippen molar-refractivity contribution in [1.29, 1.82) is 0 Å². The van der Waals surface area contributed by atoms with E-state index in [1.165, 1.54) is 25.3 Å². The molecule has 0 radical (unpaired) electrons. The fourth-order valence-corrected chi connectivity index (χ4v) is 5.50. The minimum Gasteiger partial charge on any atom is -0.371 e. The van der Waals surface area contributed by atoms with E-state index in [0.717, 1.165) is 18.4 Å². The quantitative estimate of drug-likeness (QED) is 0.0968. The molecule has 0 fully saturated rings. The van der Waals surface area contributed by atoms with Gasteiger partial charge in [0.2, 0.25) is 0 Å². The van der Waals surface area contributed by atoms with Crippen LogP contribution in [0.3, 0.4) is 0 Å². The molecule has 2 atom stereocenters. The third-order valence-electron chi connectivity index (χ3n) is 5.16. The Hall–Kier alpha value is -1.51. The highest BCUT2D eigenvalue weighted by Gasteiger charge is 2.22. The number of benzene rings is 1. The predicted octanol–water partition coefficient (Wildman–Crippen LogP) is 7.07. The van der Waals surface area contributed by atoms with Gasteiger partial charge in [0.1, 0.15) is 8.30 Å². The van der Waals surface area contributed by atoms with Crippen molar-refractivity contribution in [2.45, 2.75) is 91.8 Å². The fourth-order valence-electron chi connectivity index (χ4n) is 3.73. The molecule has 0 aliphatic heterocycles. The molecule has 180 valence electrons. The van der Waals surface area contributed by atoms with Crippen molar-refractivity contribution >= 4 is 14.0 Å². The maximum absolute atomic E-state index is 11.5. The van der Waals surface area contributed by atoms with E-state index in [1.807, 2.05) is 6.92 Å². The number of rotatable bonds is 14. The molecular weight excluding hydrogens is 423 g/mol. The average molecular weight is 465 g/mol. The van der Waals surface area contributed by atoms with E-state index in [0.29, 0.717) is 30.9 Å². The molecule has 32 heavy (non-hydrogen) atoms. The van der Waals surface area contributed by atoms with Crippen LogP contribution in [0.5, 0.6) is 0 Å². The third-order valence-corrected chi connectivity index (χ3v) is 7.29. The Morgan fingerprint density at radius 3 is 2.38 bits per heavy atom. The Labute approximate surface area is 196 Å². The second-order valence-corrected chi connectivity index (χ2v) is 10.2. The van der Waals surface area contributed by atoms with E-state index in [1.54, 1.807) is 12.1 Å². The number of ether oxygens (including phenoxy) is 1. The second-order valence-electron chi connectivity index (χ2n) is 8.52. The second kappa shape index (κ2) is 15.3. The largest absolute Gasteiger partial charge is 0.371 e. The lowest BCUT2D eigenvalue weighted by atomic mass is 10.0. The molecule has 0 saturated heterocycles. The van der Waals surface area contributed by atoms with Crippen molar-refractivity contribution in [3.63, 3.8) is 0 Å². The van der Waals surface area contributed by atoms with Crippen LogP contribution < -0.4 is 0 Å². The van der Waals surface area contributed by atoms with Gasteiger partial charge in [-0.1, -0.05) is 38.0 Å². The Morgan fingerprint density at radius 1 is 1.09 bits per heavy atom. The van der Waals surface area contributed by atoms with Crippen LogP contribution in [-0.2, 0) is 9.26 Å². The normalized spacial score (nSPS) is 13.3. The zero-order valence-corrected chi connectivity index (χ0v) is 21.8. The van der Waals surface area contributed by atoms with E-state index in [4.69, 9.17) is 9.26 Å². The van der Waals surface area contributed by atoms with Crippen LogP contribution in [0.1, 0.15) is 90.9 Å². The predicted molar refractivity (Wildman–Crippen MR) is 134 cm³/mol. The SMILES string of the molecule is CCCCCCC#Cc1ccc([N+](=O)[O-])c(C(C)OCCOP(C)N(C(C)C)C(C)C)c1. The first-order valence-corrected chi connectivity index (χ1v) is 13.4. The van der Waals surface area contributed by atoms with E-state index in [9.17, 15) is 10.1 Å². The zero-order valence-electron chi connectivity index (χ0n) is 20.9. The van der Waals surface area contributed by atoms with Crippen LogP contribution >= 0.6 is 8.30 Å². The first-order valence-electron chi connectivity index (χ1n) is 11.7. The van der Waals surface area contributed by atoms with Gasteiger partial charge in [-0.15, -0.1) is 0 Å². The summed E-state index contributed by atoms with van der Waals surface area (Å²) in [6.07, 6.45) is 5.14. The minimum absolute atomic E-state index is 0.0652. The van der Waals surface area contributed by atoms with Gasteiger partial charge in [0, 0.05) is 30.1 Å². The molecule has 0 aromatic heterocycles. The Balaban J connectivity index is 2.70. The van der Waals surface area contributed by atoms with Gasteiger partial charge in [0.15, 0.2) is 0 Å². The van der Waals surface area contributed by atoms with Gasteiger partial charge >= 0.3 is 0 Å². The molecule has 0 bridgehead atoms. The molecule has 1 rings (SSSR count). The van der Waals surface area contributed by atoms with Gasteiger partial charge in [0.25, 0.3) is 5.69 Å². The first-order chi connectivity index (χ1) is 15.2. The summed E-state index contributed by atoms with van der Waals surface area (Å²) in [5, 5.41) is 11.5. The minimum atomic E-state index is -0.716. The lowest BCUT2D eigenvalue weighted by Gasteiger charge is -2.35. The van der Waals surface area contributed by atoms with Crippen molar-refractivity contribution < 1.29 is 14.2 Å². The standard InChI is InChI=1S/C25H41N2O4P/c1-8-9-10-11-12-13-14-23-15-16-25(27(28)29)24(19-23)22(6)30-17-18-31-32(7)26(20(2)3)21(4)5/h15-16,19-22H,8-12,17-18H2,1-7H3. The maximum Gasteiger partial charge on any atom is 0.275 e. The van der Waals surface area contributed by atoms with E-state index >= 15 is 0 Å². The van der Waals surface area contributed by atoms with E-state index in [2.05, 4.69) is 57.8 Å². The number of hydrogen-bond acceptors (Lipinski definition) is 5. The molecule has 0 saturated carbocycles. The van der Waals surface area contributed by atoms with Crippen molar-refractivity contribution in [3.05, 3.63) is 39.4 Å². The molecule has 0 N–H and O–H groups in total. The van der Waals surface area contributed by atoms with Crippen LogP contribution in [-0.4, -0.2) is 41.6 Å². The van der Waals surface area contributed by atoms with Crippen LogP contribution in [0, 0.1) is 22.0 Å². The Morgan fingerprint density at radius 2 is 1.78 bits per heavy atom. The number of nitro groups is 1. The van der Waals surface area contributed by atoms with Gasteiger partial charge in [-0.2, -0.15) is 0 Å². The van der Waals surface area contributed by atoms with Gasteiger partial charge in [-0.05, 0) is 59.8 Å². The summed E-state index contributed by atoms with van der Waals surface area (Å²) in [5.74, 6) is 6.33. The molecule has 0 spiro atoms. The molecule has 1 aromatic carbocycles. The van der Waals surface area contributed by atoms with E-state index in [-0.39, 0.29) is 10.6 Å². The molecule has 7 heteroatoms. The molecule has 2 unspecified atom stereocenters. The highest BCUT2D eigenvalue weighted by atomic mass is 31.2. The first kappa shape index (κ1) is 28.5. The van der Waals surface area contributed by atoms with Gasteiger partial charge in [-0.3, -0.25) is 14.8 Å². The highest BCUT2D eigenvalue weighted by molar-refractivity contribution is 7.49. The summed E-state index contributed by atoms with van der Waals surface area (Å²) in [6.45, 7) is 15.6. The summed E-state index contributed by atoms with van der Waals surface area (Å²) in [7, 11) is -0.716. The molecule has 0 aliphatic rings. The number of nitro benzene ring substituents is 1. The highest BCUT2D eigenvalue weighted by Crippen LogP contribution is 2.40. The van der Waals surface area contributed by atoms with Crippen molar-refractivity contribution in [2.75, 3.05) is 19.9 Å². The summed E-state index contributed by atoms with van der Waals surface area (Å²) >= 11 is 0. The topological polar surface area (TPSA) is 64.8 Å². The molecular formula is C25H41N2O4P. The lowest BCUT2D eigenvalue weighted by molar-refractivity contribution is -0.386. The number of hydrogen-bond donors (Lipinski definition) is 0. The smallest absolute Gasteiger partial charge is 0.275 e. The molecule has 0 heterocycles. The van der Waals surface area contributed by atoms with Crippen LogP contribution in [0.2, 0.25) is 0 Å². The number of unbranched alkanes of at least 4 members (excludes halogenated alkanes) is 4. The van der Waals surface area contributed by atoms with Crippen LogP contribution in [0.4, 0.5) is 5.69 Å². The van der Waals surface area contributed by atoms with Crippen LogP contribution in [0.25, 0.3) is 0 Å². The third kappa shape index (κ3) is 9.96. The molecule has 1 aromatic rings. The summed E-state index contributed by atoms with van der Waals surface area (Å²) in [6, 6.07) is 5.84. The van der Waals surface area contributed by atoms with Crippen LogP contribution in [0.15, 0.2) is 18.2 Å². The Kier molecular flexibility index (Phi) is 13.7. The van der Waals surface area contributed by atoms with Crippen molar-refractivity contribution in [2.24, 2.45) is 0 Å². The van der Waals surface area contributed by atoms with Gasteiger partial charge in [0.05, 0.1) is 29.8 Å². The average Bonchev–Trinajstić information content (AvgIpc) is 2.72. The Bertz CT molecular complexity index is 750. The lowest BCUT2D eigenvalue weighted by Crippen LogP contribution is -2.32. The van der Waals surface area contributed by atoms with E-state index < -0.39 is 14.4 Å². The van der Waals surface area contributed by atoms with Gasteiger partial charge in [-0.25, -0.2) is 0 Å². The zero-order chi connectivity index (χ0) is 24.1.